The van der Waals surface area contributed by atoms with Crippen LogP contribution >= 0.6 is 27.5 Å². The lowest BCUT2D eigenvalue weighted by molar-refractivity contribution is 1.09. The summed E-state index contributed by atoms with van der Waals surface area (Å²) in [5.74, 6) is 1.40. The largest absolute Gasteiger partial charge is 0.365 e. The van der Waals surface area contributed by atoms with Gasteiger partial charge in [0.2, 0.25) is 0 Å². The highest BCUT2D eigenvalue weighted by atomic mass is 79.9. The average molecular weight is 326 g/mol. The van der Waals surface area contributed by atoms with Crippen molar-refractivity contribution >= 4 is 33.3 Å². The molecule has 0 spiro atoms. The summed E-state index contributed by atoms with van der Waals surface area (Å²) in [6.07, 6.45) is 1.85. The van der Waals surface area contributed by atoms with Gasteiger partial charge in [-0.1, -0.05) is 24.3 Å². The Labute approximate surface area is 121 Å². The first-order chi connectivity index (χ1) is 8.69. The van der Waals surface area contributed by atoms with E-state index in [1.165, 1.54) is 5.56 Å². The van der Waals surface area contributed by atoms with Crippen LogP contribution in [0.25, 0.3) is 0 Å². The van der Waals surface area contributed by atoms with Gasteiger partial charge in [-0.2, -0.15) is 0 Å². The van der Waals surface area contributed by atoms with Crippen molar-refractivity contribution in [3.05, 3.63) is 57.7 Å². The molecule has 1 aromatic heterocycles. The molecule has 0 amide bonds. The van der Waals surface area contributed by atoms with Gasteiger partial charge in [0.25, 0.3) is 0 Å². The van der Waals surface area contributed by atoms with Crippen molar-refractivity contribution in [2.45, 2.75) is 19.3 Å². The number of hydrogen-bond acceptors (Lipinski definition) is 2. The van der Waals surface area contributed by atoms with Crippen molar-refractivity contribution < 1.29 is 0 Å². The summed E-state index contributed by atoms with van der Waals surface area (Å²) < 4.78 is 0.982. The van der Waals surface area contributed by atoms with Crippen LogP contribution < -0.4 is 5.32 Å². The summed E-state index contributed by atoms with van der Waals surface area (Å²) in [6.45, 7) is 2.75. The van der Waals surface area contributed by atoms with Crippen LogP contribution in [0.5, 0.6) is 0 Å². The number of anilines is 1. The Morgan fingerprint density at radius 2 is 2.06 bits per heavy atom. The Balaban J connectivity index is 2.06. The van der Waals surface area contributed by atoms with Crippen molar-refractivity contribution in [1.29, 1.82) is 0 Å². The first-order valence-electron chi connectivity index (χ1n) is 5.69. The van der Waals surface area contributed by atoms with Gasteiger partial charge in [-0.15, -0.1) is 11.6 Å². The SMILES string of the molecule is Cc1cnc(NCc2cccc(CCl)c2)c(Br)c1. The van der Waals surface area contributed by atoms with Crippen LogP contribution in [0.15, 0.2) is 41.0 Å². The Morgan fingerprint density at radius 3 is 2.78 bits per heavy atom. The second-order valence-corrected chi connectivity index (χ2v) is 5.27. The summed E-state index contributed by atoms with van der Waals surface area (Å²) >= 11 is 9.32. The highest BCUT2D eigenvalue weighted by Crippen LogP contribution is 2.21. The zero-order chi connectivity index (χ0) is 13.0. The number of nitrogens with one attached hydrogen (secondary N) is 1. The minimum atomic E-state index is 0.542. The van der Waals surface area contributed by atoms with Gasteiger partial charge in [-0.05, 0) is 45.6 Å². The number of alkyl halides is 1. The van der Waals surface area contributed by atoms with E-state index in [1.807, 2.05) is 31.3 Å². The van der Waals surface area contributed by atoms with E-state index < -0.39 is 0 Å². The molecule has 0 unspecified atom stereocenters. The van der Waals surface area contributed by atoms with E-state index >= 15 is 0 Å². The monoisotopic (exact) mass is 324 g/mol. The van der Waals surface area contributed by atoms with Crippen molar-refractivity contribution in [1.82, 2.24) is 4.98 Å². The molecule has 2 nitrogen and oxygen atoms in total. The van der Waals surface area contributed by atoms with Crippen molar-refractivity contribution in [2.75, 3.05) is 5.32 Å². The van der Waals surface area contributed by atoms with Gasteiger partial charge in [0.05, 0.1) is 4.47 Å². The molecule has 2 rings (SSSR count). The highest BCUT2D eigenvalue weighted by Gasteiger charge is 2.01. The van der Waals surface area contributed by atoms with Gasteiger partial charge < -0.3 is 5.32 Å². The fourth-order valence-electron chi connectivity index (χ4n) is 1.67. The molecule has 0 saturated carbocycles. The third kappa shape index (κ3) is 3.47. The van der Waals surface area contributed by atoms with Gasteiger partial charge >= 0.3 is 0 Å². The summed E-state index contributed by atoms with van der Waals surface area (Å²) in [5, 5.41) is 3.31. The maximum atomic E-state index is 5.82. The number of aromatic nitrogens is 1. The first kappa shape index (κ1) is 13.4. The Bertz CT molecular complexity index is 543. The molecular formula is C14H14BrClN2. The zero-order valence-corrected chi connectivity index (χ0v) is 12.4. The van der Waals surface area contributed by atoms with Crippen LogP contribution in [0, 0.1) is 6.92 Å². The topological polar surface area (TPSA) is 24.9 Å². The van der Waals surface area contributed by atoms with Crippen molar-refractivity contribution in [2.24, 2.45) is 0 Å². The second kappa shape index (κ2) is 6.21. The predicted octanol–water partition coefficient (Wildman–Crippen LogP) is 4.50. The van der Waals surface area contributed by atoms with Crippen LogP contribution in [-0.4, -0.2) is 4.98 Å². The lowest BCUT2D eigenvalue weighted by atomic mass is 10.1. The number of aryl methyl sites for hydroxylation is 1. The summed E-state index contributed by atoms with van der Waals surface area (Å²) in [5.41, 5.74) is 3.46. The normalized spacial score (nSPS) is 10.4. The van der Waals surface area contributed by atoms with E-state index in [0.717, 1.165) is 28.0 Å². The zero-order valence-electron chi connectivity index (χ0n) is 10.1. The van der Waals surface area contributed by atoms with Crippen LogP contribution in [0.1, 0.15) is 16.7 Å². The van der Waals surface area contributed by atoms with E-state index in [9.17, 15) is 0 Å². The van der Waals surface area contributed by atoms with Crippen LogP contribution in [0.2, 0.25) is 0 Å². The Hall–Kier alpha value is -1.06. The molecule has 1 aromatic carbocycles. The molecule has 94 valence electrons. The molecule has 0 aliphatic rings. The van der Waals surface area contributed by atoms with E-state index in [0.29, 0.717) is 5.88 Å². The third-order valence-corrected chi connectivity index (χ3v) is 3.50. The van der Waals surface area contributed by atoms with Gasteiger partial charge in [0.1, 0.15) is 5.82 Å². The smallest absolute Gasteiger partial charge is 0.140 e. The number of nitrogens with zero attached hydrogens (tertiary/aromatic N) is 1. The molecule has 0 fully saturated rings. The van der Waals surface area contributed by atoms with Gasteiger partial charge in [-0.25, -0.2) is 4.98 Å². The quantitative estimate of drug-likeness (QED) is 0.837. The van der Waals surface area contributed by atoms with Crippen molar-refractivity contribution in [3.8, 4) is 0 Å². The maximum Gasteiger partial charge on any atom is 0.140 e. The van der Waals surface area contributed by atoms with E-state index in [1.54, 1.807) is 0 Å². The standard InChI is InChI=1S/C14H14BrClN2/c1-10-5-13(15)14(17-8-10)18-9-12-4-2-3-11(6-12)7-16/h2-6,8H,7,9H2,1H3,(H,17,18). The minimum Gasteiger partial charge on any atom is -0.365 e. The summed E-state index contributed by atoms with van der Waals surface area (Å²) in [7, 11) is 0. The van der Waals surface area contributed by atoms with E-state index in [2.05, 4.69) is 38.4 Å². The molecular weight excluding hydrogens is 312 g/mol. The third-order valence-electron chi connectivity index (χ3n) is 2.58. The maximum absolute atomic E-state index is 5.82. The molecule has 2 aromatic rings. The summed E-state index contributed by atoms with van der Waals surface area (Å²) in [4.78, 5) is 4.35. The Morgan fingerprint density at radius 1 is 1.28 bits per heavy atom. The molecule has 1 heterocycles. The fourth-order valence-corrected chi connectivity index (χ4v) is 2.44. The molecule has 18 heavy (non-hydrogen) atoms. The molecule has 0 radical (unpaired) electrons. The molecule has 0 aliphatic heterocycles. The lowest BCUT2D eigenvalue weighted by Gasteiger charge is -2.09. The molecule has 0 saturated heterocycles. The first-order valence-corrected chi connectivity index (χ1v) is 7.01. The highest BCUT2D eigenvalue weighted by molar-refractivity contribution is 9.10. The number of pyridine rings is 1. The molecule has 4 heteroatoms. The number of halogens is 2. The second-order valence-electron chi connectivity index (χ2n) is 4.15. The van der Waals surface area contributed by atoms with Crippen LogP contribution in [-0.2, 0) is 12.4 Å². The lowest BCUT2D eigenvalue weighted by Crippen LogP contribution is -2.02. The Kier molecular flexibility index (Phi) is 4.61. The number of hydrogen-bond donors (Lipinski definition) is 1. The molecule has 0 atom stereocenters. The van der Waals surface area contributed by atoms with Crippen molar-refractivity contribution in [3.63, 3.8) is 0 Å². The van der Waals surface area contributed by atoms with Gasteiger partial charge in [0, 0.05) is 18.6 Å². The predicted molar refractivity (Wildman–Crippen MR) is 80.0 cm³/mol. The average Bonchev–Trinajstić information content (AvgIpc) is 2.38. The minimum absolute atomic E-state index is 0.542. The van der Waals surface area contributed by atoms with Crippen LogP contribution in [0.4, 0.5) is 5.82 Å². The summed E-state index contributed by atoms with van der Waals surface area (Å²) in [6, 6.07) is 10.3. The fraction of sp³-hybridized carbons (Fsp3) is 0.214. The van der Waals surface area contributed by atoms with E-state index in [-0.39, 0.29) is 0 Å². The van der Waals surface area contributed by atoms with E-state index in [4.69, 9.17) is 11.6 Å². The number of benzene rings is 1. The molecule has 0 bridgehead atoms. The van der Waals surface area contributed by atoms with Gasteiger partial charge in [0.15, 0.2) is 0 Å². The number of rotatable bonds is 4. The molecule has 0 aliphatic carbocycles. The molecule has 1 N–H and O–H groups in total. The van der Waals surface area contributed by atoms with Crippen LogP contribution in [0.3, 0.4) is 0 Å². The van der Waals surface area contributed by atoms with Gasteiger partial charge in [-0.3, -0.25) is 0 Å².